The van der Waals surface area contributed by atoms with Gasteiger partial charge in [0, 0.05) is 36.7 Å². The number of aryl methyl sites for hydroxylation is 2. The summed E-state index contributed by atoms with van der Waals surface area (Å²) in [6.45, 7) is 7.97. The highest BCUT2D eigenvalue weighted by Crippen LogP contribution is 2.22. The Morgan fingerprint density at radius 1 is 1.24 bits per heavy atom. The number of hydrogen-bond acceptors (Lipinski definition) is 3. The molecule has 0 aliphatic carbocycles. The molecule has 1 aromatic carbocycles. The molecular weight excluding hydrogens is 304 g/mol. The molecule has 0 spiro atoms. The summed E-state index contributed by atoms with van der Waals surface area (Å²) in [5, 5.41) is 3.33. The van der Waals surface area contributed by atoms with Crippen LogP contribution in [0.5, 0.6) is 0 Å². The first kappa shape index (κ1) is 18.3. The fourth-order valence-corrected chi connectivity index (χ4v) is 3.25. The van der Waals surface area contributed by atoms with Crippen molar-refractivity contribution in [3.8, 4) is 0 Å². The van der Waals surface area contributed by atoms with Crippen molar-refractivity contribution in [1.29, 1.82) is 0 Å². The number of carbonyl (C=O) groups is 1. The highest BCUT2D eigenvalue weighted by atomic mass is 35.5. The van der Waals surface area contributed by atoms with Gasteiger partial charge in [0.2, 0.25) is 5.91 Å². The molecule has 1 heterocycles. The molecule has 0 atom stereocenters. The van der Waals surface area contributed by atoms with E-state index in [0.717, 1.165) is 38.4 Å². The number of halogens is 1. The molecule has 0 aromatic heterocycles. The lowest BCUT2D eigenvalue weighted by molar-refractivity contribution is -0.130. The van der Waals surface area contributed by atoms with Gasteiger partial charge in [-0.05, 0) is 50.1 Å². The van der Waals surface area contributed by atoms with Crippen LogP contribution in [0.15, 0.2) is 23.1 Å². The normalized spacial score (nSPS) is 15.2. The second-order valence-corrected chi connectivity index (χ2v) is 6.50. The molecule has 3 nitrogen and oxygen atoms in total. The minimum Gasteiger partial charge on any atom is -0.341 e. The van der Waals surface area contributed by atoms with Gasteiger partial charge in [-0.2, -0.15) is 0 Å². The van der Waals surface area contributed by atoms with Gasteiger partial charge in [0.1, 0.15) is 0 Å². The Morgan fingerprint density at radius 3 is 2.81 bits per heavy atom. The fourth-order valence-electron chi connectivity index (χ4n) is 2.31. The summed E-state index contributed by atoms with van der Waals surface area (Å²) in [5.74, 6) is 1.16. The Bertz CT molecular complexity index is 460. The highest BCUT2D eigenvalue weighted by molar-refractivity contribution is 7.99. The van der Waals surface area contributed by atoms with Crippen LogP contribution in [-0.4, -0.2) is 42.7 Å². The van der Waals surface area contributed by atoms with Crippen LogP contribution in [0.4, 0.5) is 0 Å². The lowest BCUT2D eigenvalue weighted by Crippen LogP contribution is -2.34. The zero-order chi connectivity index (χ0) is 14.4. The largest absolute Gasteiger partial charge is 0.341 e. The molecular formula is C16H25ClN2OS. The summed E-state index contributed by atoms with van der Waals surface area (Å²) >= 11 is 1.78. The summed E-state index contributed by atoms with van der Waals surface area (Å²) in [7, 11) is 0. The van der Waals surface area contributed by atoms with Crippen molar-refractivity contribution >= 4 is 30.1 Å². The van der Waals surface area contributed by atoms with Gasteiger partial charge in [-0.25, -0.2) is 0 Å². The Morgan fingerprint density at radius 2 is 2.05 bits per heavy atom. The summed E-state index contributed by atoms with van der Waals surface area (Å²) < 4.78 is 0. The number of amides is 1. The number of nitrogens with one attached hydrogen (secondary N) is 1. The van der Waals surface area contributed by atoms with E-state index in [1.807, 2.05) is 4.90 Å². The van der Waals surface area contributed by atoms with Crippen molar-refractivity contribution in [1.82, 2.24) is 10.2 Å². The van der Waals surface area contributed by atoms with E-state index in [2.05, 4.69) is 37.4 Å². The standard InChI is InChI=1S/C16H24N2OS.ClH/c1-13-4-5-15(12-14(13)2)20-11-6-16(19)18-9-3-7-17-8-10-18;/h4-5,12,17H,3,6-11H2,1-2H3;1H. The van der Waals surface area contributed by atoms with Crippen molar-refractivity contribution in [2.75, 3.05) is 31.9 Å². The third-order valence-electron chi connectivity index (χ3n) is 3.76. The molecule has 1 fully saturated rings. The van der Waals surface area contributed by atoms with E-state index in [4.69, 9.17) is 0 Å². The molecule has 0 saturated carbocycles. The van der Waals surface area contributed by atoms with Crippen molar-refractivity contribution in [3.63, 3.8) is 0 Å². The van der Waals surface area contributed by atoms with Crippen LogP contribution >= 0.6 is 24.2 Å². The molecule has 1 aliphatic rings. The van der Waals surface area contributed by atoms with Crippen LogP contribution in [0, 0.1) is 13.8 Å². The van der Waals surface area contributed by atoms with Crippen LogP contribution in [0.2, 0.25) is 0 Å². The Kier molecular flexibility index (Phi) is 8.15. The number of rotatable bonds is 4. The maximum atomic E-state index is 12.1. The maximum Gasteiger partial charge on any atom is 0.223 e. The number of nitrogens with zero attached hydrogens (tertiary/aromatic N) is 1. The molecule has 1 saturated heterocycles. The zero-order valence-corrected chi connectivity index (χ0v) is 14.5. The molecule has 2 rings (SSSR count). The van der Waals surface area contributed by atoms with Gasteiger partial charge in [0.15, 0.2) is 0 Å². The molecule has 0 radical (unpaired) electrons. The van der Waals surface area contributed by atoms with Gasteiger partial charge in [-0.15, -0.1) is 24.2 Å². The lowest BCUT2D eigenvalue weighted by Gasteiger charge is -2.19. The first-order chi connectivity index (χ1) is 9.66. The van der Waals surface area contributed by atoms with Gasteiger partial charge in [0.05, 0.1) is 0 Å². The second kappa shape index (κ2) is 9.34. The molecule has 0 bridgehead atoms. The molecule has 0 unspecified atom stereocenters. The number of hydrogen-bond donors (Lipinski definition) is 1. The smallest absolute Gasteiger partial charge is 0.223 e. The van der Waals surface area contributed by atoms with Crippen LogP contribution in [0.1, 0.15) is 24.0 Å². The SMILES string of the molecule is Cc1ccc(SCCC(=O)N2CCCNCC2)cc1C.Cl. The number of thioether (sulfide) groups is 1. The van der Waals surface area contributed by atoms with Crippen molar-refractivity contribution in [2.45, 2.75) is 31.6 Å². The van der Waals surface area contributed by atoms with Crippen LogP contribution < -0.4 is 5.32 Å². The average molecular weight is 329 g/mol. The first-order valence-corrected chi connectivity index (χ1v) is 8.34. The first-order valence-electron chi connectivity index (χ1n) is 7.35. The monoisotopic (exact) mass is 328 g/mol. The highest BCUT2D eigenvalue weighted by Gasteiger charge is 2.14. The molecule has 21 heavy (non-hydrogen) atoms. The second-order valence-electron chi connectivity index (χ2n) is 5.33. The van der Waals surface area contributed by atoms with Crippen molar-refractivity contribution in [3.05, 3.63) is 29.3 Å². The van der Waals surface area contributed by atoms with Crippen LogP contribution in [0.25, 0.3) is 0 Å². The Hall–Kier alpha value is -0.710. The van der Waals surface area contributed by atoms with Crippen molar-refractivity contribution < 1.29 is 4.79 Å². The van der Waals surface area contributed by atoms with Gasteiger partial charge in [0.25, 0.3) is 0 Å². The number of benzene rings is 1. The average Bonchev–Trinajstić information content (AvgIpc) is 2.71. The van der Waals surface area contributed by atoms with E-state index in [0.29, 0.717) is 12.3 Å². The van der Waals surface area contributed by atoms with Crippen LogP contribution in [-0.2, 0) is 4.79 Å². The molecule has 5 heteroatoms. The summed E-state index contributed by atoms with van der Waals surface area (Å²) in [6, 6.07) is 6.51. The molecule has 1 amide bonds. The topological polar surface area (TPSA) is 32.3 Å². The predicted molar refractivity (Wildman–Crippen MR) is 92.6 cm³/mol. The van der Waals surface area contributed by atoms with Gasteiger partial charge in [-0.1, -0.05) is 6.07 Å². The minimum absolute atomic E-state index is 0. The van der Waals surface area contributed by atoms with Crippen LogP contribution in [0.3, 0.4) is 0 Å². The van der Waals surface area contributed by atoms with E-state index in [1.165, 1.54) is 16.0 Å². The van der Waals surface area contributed by atoms with Gasteiger partial charge < -0.3 is 10.2 Å². The van der Waals surface area contributed by atoms with Crippen molar-refractivity contribution in [2.24, 2.45) is 0 Å². The molecule has 118 valence electrons. The lowest BCUT2D eigenvalue weighted by atomic mass is 10.1. The zero-order valence-electron chi connectivity index (χ0n) is 12.9. The minimum atomic E-state index is 0. The predicted octanol–water partition coefficient (Wildman–Crippen LogP) is 3.03. The number of carbonyl (C=O) groups excluding carboxylic acids is 1. The van der Waals surface area contributed by atoms with Gasteiger partial charge >= 0.3 is 0 Å². The van der Waals surface area contributed by atoms with Gasteiger partial charge in [-0.3, -0.25) is 4.79 Å². The van der Waals surface area contributed by atoms with E-state index in [-0.39, 0.29) is 12.4 Å². The summed E-state index contributed by atoms with van der Waals surface area (Å²) in [5.41, 5.74) is 2.64. The van der Waals surface area contributed by atoms with E-state index < -0.39 is 0 Å². The Balaban J connectivity index is 0.00000220. The molecule has 1 N–H and O–H groups in total. The third kappa shape index (κ3) is 5.89. The quantitative estimate of drug-likeness (QED) is 0.862. The fraction of sp³-hybridized carbons (Fsp3) is 0.562. The summed E-state index contributed by atoms with van der Waals surface area (Å²) in [4.78, 5) is 15.4. The van der Waals surface area contributed by atoms with E-state index in [9.17, 15) is 4.79 Å². The third-order valence-corrected chi connectivity index (χ3v) is 4.75. The maximum absolute atomic E-state index is 12.1. The molecule has 1 aliphatic heterocycles. The van der Waals surface area contributed by atoms with E-state index >= 15 is 0 Å². The molecule has 1 aromatic rings. The Labute approximate surface area is 138 Å². The van der Waals surface area contributed by atoms with E-state index in [1.54, 1.807) is 11.8 Å². The summed E-state index contributed by atoms with van der Waals surface area (Å²) in [6.07, 6.45) is 1.70.